The van der Waals surface area contributed by atoms with Gasteiger partial charge in [0, 0.05) is 18.9 Å². The summed E-state index contributed by atoms with van der Waals surface area (Å²) in [5.74, 6) is -1.84. The molecule has 1 aromatic carbocycles. The highest BCUT2D eigenvalue weighted by atomic mass is 19.2. The van der Waals surface area contributed by atoms with Crippen molar-refractivity contribution in [2.45, 2.75) is 19.5 Å². The zero-order valence-electron chi connectivity index (χ0n) is 11.4. The monoisotopic (exact) mass is 291 g/mol. The van der Waals surface area contributed by atoms with E-state index in [-0.39, 0.29) is 6.03 Å². The minimum atomic E-state index is -0.932. The molecule has 4 nitrogen and oxygen atoms in total. The third kappa shape index (κ3) is 4.24. The minimum Gasteiger partial charge on any atom is -0.334 e. The van der Waals surface area contributed by atoms with Crippen LogP contribution in [0.4, 0.5) is 13.6 Å². The molecule has 0 saturated carbocycles. The van der Waals surface area contributed by atoms with Crippen LogP contribution in [0.5, 0.6) is 0 Å². The summed E-state index contributed by atoms with van der Waals surface area (Å²) in [6, 6.07) is 6.31. The van der Waals surface area contributed by atoms with Crippen LogP contribution < -0.4 is 10.6 Å². The lowest BCUT2D eigenvalue weighted by atomic mass is 10.1. The molecule has 0 bridgehead atoms. The van der Waals surface area contributed by atoms with Gasteiger partial charge in [0.05, 0.1) is 6.04 Å². The number of rotatable bonds is 4. The maximum absolute atomic E-state index is 13.1. The number of nitrogens with one attached hydrogen (secondary N) is 2. The zero-order chi connectivity index (χ0) is 15.2. The van der Waals surface area contributed by atoms with E-state index in [1.54, 1.807) is 31.5 Å². The average Bonchev–Trinajstić information content (AvgIpc) is 2.49. The predicted octanol–water partition coefficient (Wildman–Crippen LogP) is 2.92. The summed E-state index contributed by atoms with van der Waals surface area (Å²) in [4.78, 5) is 15.6. The van der Waals surface area contributed by atoms with Gasteiger partial charge in [-0.05, 0) is 42.3 Å². The summed E-state index contributed by atoms with van der Waals surface area (Å²) in [5.41, 5.74) is 1.41. The number of carbonyl (C=O) groups excluding carboxylic acids is 1. The van der Waals surface area contributed by atoms with Crippen molar-refractivity contribution < 1.29 is 13.6 Å². The first kappa shape index (κ1) is 14.9. The third-order valence-corrected chi connectivity index (χ3v) is 2.99. The number of pyridine rings is 1. The van der Waals surface area contributed by atoms with E-state index in [0.717, 1.165) is 17.7 Å². The number of halogens is 2. The first-order valence-corrected chi connectivity index (χ1v) is 6.44. The highest BCUT2D eigenvalue weighted by Gasteiger charge is 2.11. The summed E-state index contributed by atoms with van der Waals surface area (Å²) in [7, 11) is 0. The lowest BCUT2D eigenvalue weighted by Crippen LogP contribution is -2.36. The van der Waals surface area contributed by atoms with Crippen molar-refractivity contribution in [1.82, 2.24) is 15.6 Å². The van der Waals surface area contributed by atoms with Crippen LogP contribution in [0.15, 0.2) is 42.7 Å². The molecule has 0 spiro atoms. The first-order chi connectivity index (χ1) is 10.1. The Morgan fingerprint density at radius 1 is 1.19 bits per heavy atom. The Bertz CT molecular complexity index is 620. The van der Waals surface area contributed by atoms with Gasteiger partial charge in [0.2, 0.25) is 0 Å². The lowest BCUT2D eigenvalue weighted by molar-refractivity contribution is 0.237. The highest BCUT2D eigenvalue weighted by molar-refractivity contribution is 5.74. The quantitative estimate of drug-likeness (QED) is 0.910. The number of benzene rings is 1. The SMILES string of the molecule is CC(NC(=O)NCc1ccncc1)c1ccc(F)c(F)c1. The van der Waals surface area contributed by atoms with Crippen LogP contribution in [0.25, 0.3) is 0 Å². The molecule has 0 aliphatic heterocycles. The number of carbonyl (C=O) groups is 1. The fourth-order valence-corrected chi connectivity index (χ4v) is 1.80. The van der Waals surface area contributed by atoms with Crippen molar-refractivity contribution in [2.24, 2.45) is 0 Å². The molecule has 21 heavy (non-hydrogen) atoms. The fourth-order valence-electron chi connectivity index (χ4n) is 1.80. The van der Waals surface area contributed by atoms with Gasteiger partial charge in [-0.1, -0.05) is 6.07 Å². The normalized spacial score (nSPS) is 11.8. The molecule has 1 heterocycles. The first-order valence-electron chi connectivity index (χ1n) is 6.44. The van der Waals surface area contributed by atoms with Crippen molar-refractivity contribution in [2.75, 3.05) is 0 Å². The summed E-state index contributed by atoms with van der Waals surface area (Å²) >= 11 is 0. The lowest BCUT2D eigenvalue weighted by Gasteiger charge is -2.15. The van der Waals surface area contributed by atoms with Gasteiger partial charge in [0.1, 0.15) is 0 Å². The second kappa shape index (κ2) is 6.78. The second-order valence-electron chi connectivity index (χ2n) is 4.58. The Morgan fingerprint density at radius 3 is 2.57 bits per heavy atom. The Hall–Kier alpha value is -2.50. The molecule has 2 aromatic rings. The molecule has 2 amide bonds. The molecule has 0 radical (unpaired) electrons. The second-order valence-corrected chi connectivity index (χ2v) is 4.58. The summed E-state index contributed by atoms with van der Waals surface area (Å²) < 4.78 is 26.0. The summed E-state index contributed by atoms with van der Waals surface area (Å²) in [6.07, 6.45) is 3.28. The van der Waals surface area contributed by atoms with Crippen LogP contribution in [0.1, 0.15) is 24.1 Å². The maximum atomic E-state index is 13.1. The molecule has 0 aliphatic rings. The molecule has 2 N–H and O–H groups in total. The van der Waals surface area contributed by atoms with Crippen molar-refractivity contribution in [3.05, 3.63) is 65.5 Å². The molecular weight excluding hydrogens is 276 g/mol. The number of nitrogens with zero attached hydrogens (tertiary/aromatic N) is 1. The molecule has 2 rings (SSSR count). The van der Waals surface area contributed by atoms with E-state index in [1.807, 2.05) is 0 Å². The van der Waals surface area contributed by atoms with E-state index in [4.69, 9.17) is 0 Å². The van der Waals surface area contributed by atoms with Gasteiger partial charge in [0.25, 0.3) is 0 Å². The molecule has 1 aromatic heterocycles. The standard InChI is InChI=1S/C15H15F2N3O/c1-10(12-2-3-13(16)14(17)8-12)20-15(21)19-9-11-4-6-18-7-5-11/h2-8,10H,9H2,1H3,(H2,19,20,21). The maximum Gasteiger partial charge on any atom is 0.315 e. The highest BCUT2D eigenvalue weighted by Crippen LogP contribution is 2.15. The van der Waals surface area contributed by atoms with Crippen LogP contribution in [-0.4, -0.2) is 11.0 Å². The van der Waals surface area contributed by atoms with E-state index in [0.29, 0.717) is 12.1 Å². The Kier molecular flexibility index (Phi) is 4.81. The van der Waals surface area contributed by atoms with E-state index in [2.05, 4.69) is 15.6 Å². The number of aromatic nitrogens is 1. The Morgan fingerprint density at radius 2 is 1.90 bits per heavy atom. The van der Waals surface area contributed by atoms with Crippen LogP contribution in [0, 0.1) is 11.6 Å². The van der Waals surface area contributed by atoms with E-state index in [9.17, 15) is 13.6 Å². The van der Waals surface area contributed by atoms with E-state index >= 15 is 0 Å². The van der Waals surface area contributed by atoms with E-state index < -0.39 is 17.7 Å². The van der Waals surface area contributed by atoms with Crippen LogP contribution in [0.2, 0.25) is 0 Å². The van der Waals surface area contributed by atoms with Crippen LogP contribution >= 0.6 is 0 Å². The third-order valence-electron chi connectivity index (χ3n) is 2.99. The van der Waals surface area contributed by atoms with Crippen molar-refractivity contribution >= 4 is 6.03 Å². The molecule has 0 saturated heterocycles. The molecule has 1 unspecified atom stereocenters. The average molecular weight is 291 g/mol. The number of urea groups is 1. The Balaban J connectivity index is 1.88. The van der Waals surface area contributed by atoms with E-state index in [1.165, 1.54) is 6.07 Å². The molecule has 6 heteroatoms. The smallest absolute Gasteiger partial charge is 0.315 e. The minimum absolute atomic E-state index is 0.360. The fraction of sp³-hybridized carbons (Fsp3) is 0.200. The molecule has 0 aliphatic carbocycles. The largest absolute Gasteiger partial charge is 0.334 e. The molecule has 1 atom stereocenters. The van der Waals surface area contributed by atoms with Crippen molar-refractivity contribution in [3.8, 4) is 0 Å². The molecule has 0 fully saturated rings. The van der Waals surface area contributed by atoms with Crippen molar-refractivity contribution in [3.63, 3.8) is 0 Å². The molecule has 110 valence electrons. The van der Waals surface area contributed by atoms with Gasteiger partial charge < -0.3 is 10.6 Å². The number of hydrogen-bond donors (Lipinski definition) is 2. The van der Waals surface area contributed by atoms with Gasteiger partial charge in [0.15, 0.2) is 11.6 Å². The van der Waals surface area contributed by atoms with Gasteiger partial charge in [-0.2, -0.15) is 0 Å². The number of hydrogen-bond acceptors (Lipinski definition) is 2. The topological polar surface area (TPSA) is 54.0 Å². The van der Waals surface area contributed by atoms with Gasteiger partial charge in [-0.15, -0.1) is 0 Å². The number of amides is 2. The van der Waals surface area contributed by atoms with Crippen LogP contribution in [0.3, 0.4) is 0 Å². The summed E-state index contributed by atoms with van der Waals surface area (Å²) in [5, 5.41) is 5.34. The predicted molar refractivity (Wildman–Crippen MR) is 74.4 cm³/mol. The van der Waals surface area contributed by atoms with Gasteiger partial charge >= 0.3 is 6.03 Å². The molecular formula is C15H15F2N3O. The van der Waals surface area contributed by atoms with Gasteiger partial charge in [-0.3, -0.25) is 4.98 Å². The summed E-state index contributed by atoms with van der Waals surface area (Å²) in [6.45, 7) is 2.05. The van der Waals surface area contributed by atoms with Crippen LogP contribution in [-0.2, 0) is 6.54 Å². The van der Waals surface area contributed by atoms with Crippen molar-refractivity contribution in [1.29, 1.82) is 0 Å². The van der Waals surface area contributed by atoms with Gasteiger partial charge in [-0.25, -0.2) is 13.6 Å². The Labute approximate surface area is 121 Å². The zero-order valence-corrected chi connectivity index (χ0v) is 11.4.